The summed E-state index contributed by atoms with van der Waals surface area (Å²) in [6, 6.07) is 0. The number of unbranched alkanes of at least 4 members (excludes halogenated alkanes) is 36. The highest BCUT2D eigenvalue weighted by atomic mass is 31.2. The average molecular weight is 1020 g/mol. The summed E-state index contributed by atoms with van der Waals surface area (Å²) in [4.78, 5) is 36.0. The van der Waals surface area contributed by atoms with Gasteiger partial charge in [-0.1, -0.05) is 238 Å². The number of esters is 2. The summed E-state index contributed by atoms with van der Waals surface area (Å²) in [6.45, 7) is 3.36. The Hall–Kier alpha value is -1.41. The van der Waals surface area contributed by atoms with Crippen LogP contribution in [0.5, 0.6) is 0 Å². The van der Waals surface area contributed by atoms with Gasteiger partial charge in [-0.25, -0.2) is 4.57 Å². The average Bonchev–Trinajstić information content (AvgIpc) is 3.34. The van der Waals surface area contributed by atoms with Crippen LogP contribution >= 0.6 is 7.82 Å². The second kappa shape index (κ2) is 46.1. The van der Waals surface area contributed by atoms with E-state index in [4.69, 9.17) is 18.5 Å². The Kier molecular flexibility index (Phi) is 43.9. The van der Waals surface area contributed by atoms with Crippen molar-refractivity contribution in [3.05, 3.63) is 12.2 Å². The van der Waals surface area contributed by atoms with Crippen LogP contribution in [0.4, 0.5) is 0 Å². The summed E-state index contributed by atoms with van der Waals surface area (Å²) < 4.78 is 33.8. The second-order valence-corrected chi connectivity index (χ2v) is 21.9. The SMILES string of the molecule is CCCCCCCC/C=C/CCCCCCCCCCCCCC(=O)OC[C@@H](COP(=O)(O)OC1C(O)C(O)C(O)[C@H](O)C1O)OC(=O)CCCCCCCCCCCCCCCCCCCCCC. The van der Waals surface area contributed by atoms with Crippen molar-refractivity contribution in [1.29, 1.82) is 0 Å². The predicted octanol–water partition coefficient (Wildman–Crippen LogP) is 13.4. The van der Waals surface area contributed by atoms with Gasteiger partial charge in [-0.2, -0.15) is 0 Å². The molecule has 6 unspecified atom stereocenters. The molecule has 8 atom stereocenters. The lowest BCUT2D eigenvalue weighted by molar-refractivity contribution is -0.220. The molecule has 0 heterocycles. The predicted molar refractivity (Wildman–Crippen MR) is 281 cm³/mol. The molecule has 0 aliphatic heterocycles. The van der Waals surface area contributed by atoms with Crippen LogP contribution < -0.4 is 0 Å². The van der Waals surface area contributed by atoms with E-state index in [9.17, 15) is 44.6 Å². The van der Waals surface area contributed by atoms with E-state index in [1.54, 1.807) is 0 Å². The fourth-order valence-corrected chi connectivity index (χ4v) is 10.2. The Labute approximate surface area is 426 Å². The number of ether oxygens (including phenoxy) is 2. The summed E-state index contributed by atoms with van der Waals surface area (Å²) in [7, 11) is -5.12. The molecule has 0 bridgehead atoms. The maximum absolute atomic E-state index is 12.9. The third-order valence-corrected chi connectivity index (χ3v) is 14.8. The van der Waals surface area contributed by atoms with Crippen molar-refractivity contribution in [2.45, 2.75) is 320 Å². The summed E-state index contributed by atoms with van der Waals surface area (Å²) >= 11 is 0. The number of hydrogen-bond acceptors (Lipinski definition) is 12. The topological polar surface area (TPSA) is 210 Å². The standard InChI is InChI=1S/C56H107O13P/c1-3-5-7-9-11-13-15-17-19-21-23-25-27-28-30-32-34-36-38-40-42-44-49(57)66-46-48(47-67-70(64,65)69-56-54(62)52(60)51(59)53(61)55(56)63)68-50(58)45-43-41-39-37-35-33-31-29-26-24-22-20-18-16-14-12-10-8-6-4-2/h17,19,48,51-56,59-63H,3-16,18,20-47H2,1-2H3,(H,64,65)/b19-17+/t48-,51?,52-,53?,54?,55?,56?/m0/s1. The number of carbonyl (C=O) groups excluding carboxylic acids is 2. The van der Waals surface area contributed by atoms with Crippen molar-refractivity contribution in [2.75, 3.05) is 13.2 Å². The van der Waals surface area contributed by atoms with E-state index in [0.717, 1.165) is 38.5 Å². The van der Waals surface area contributed by atoms with E-state index >= 15 is 0 Å². The highest BCUT2D eigenvalue weighted by molar-refractivity contribution is 7.47. The summed E-state index contributed by atoms with van der Waals surface area (Å²) in [5.41, 5.74) is 0. The van der Waals surface area contributed by atoms with E-state index in [-0.39, 0.29) is 12.8 Å². The Bertz CT molecular complexity index is 1270. The molecule has 0 aromatic heterocycles. The minimum Gasteiger partial charge on any atom is -0.462 e. The molecule has 70 heavy (non-hydrogen) atoms. The van der Waals surface area contributed by atoms with Gasteiger partial charge in [0.2, 0.25) is 0 Å². The number of rotatable bonds is 50. The van der Waals surface area contributed by atoms with Crippen LogP contribution in [0.2, 0.25) is 0 Å². The Morgan fingerprint density at radius 2 is 0.729 bits per heavy atom. The van der Waals surface area contributed by atoms with Crippen molar-refractivity contribution in [2.24, 2.45) is 0 Å². The van der Waals surface area contributed by atoms with Gasteiger partial charge in [-0.15, -0.1) is 0 Å². The molecule has 1 saturated carbocycles. The van der Waals surface area contributed by atoms with Crippen molar-refractivity contribution in [1.82, 2.24) is 0 Å². The van der Waals surface area contributed by atoms with Crippen LogP contribution in [0.3, 0.4) is 0 Å². The highest BCUT2D eigenvalue weighted by Crippen LogP contribution is 2.47. The zero-order valence-corrected chi connectivity index (χ0v) is 45.5. The molecule has 0 aromatic rings. The van der Waals surface area contributed by atoms with E-state index in [1.807, 2.05) is 0 Å². The van der Waals surface area contributed by atoms with E-state index in [2.05, 4.69) is 26.0 Å². The number of aliphatic hydroxyl groups excluding tert-OH is 5. The monoisotopic (exact) mass is 1020 g/mol. The molecule has 0 aromatic carbocycles. The van der Waals surface area contributed by atoms with Crippen LogP contribution in [-0.4, -0.2) is 98.3 Å². The minimum absolute atomic E-state index is 0.104. The van der Waals surface area contributed by atoms with Gasteiger partial charge in [0.05, 0.1) is 6.61 Å². The van der Waals surface area contributed by atoms with Crippen LogP contribution in [0.1, 0.15) is 277 Å². The maximum Gasteiger partial charge on any atom is 0.472 e. The lowest BCUT2D eigenvalue weighted by Crippen LogP contribution is -2.64. The number of aliphatic hydroxyl groups is 5. The van der Waals surface area contributed by atoms with Gasteiger partial charge < -0.3 is 39.9 Å². The van der Waals surface area contributed by atoms with Crippen LogP contribution in [0.25, 0.3) is 0 Å². The molecule has 0 radical (unpaired) electrons. The maximum atomic E-state index is 12.9. The Balaban J connectivity index is 2.32. The van der Waals surface area contributed by atoms with Crippen LogP contribution in [-0.2, 0) is 32.7 Å². The van der Waals surface area contributed by atoms with E-state index < -0.39 is 75.7 Å². The lowest BCUT2D eigenvalue weighted by Gasteiger charge is -2.41. The van der Waals surface area contributed by atoms with Gasteiger partial charge in [0, 0.05) is 12.8 Å². The van der Waals surface area contributed by atoms with Gasteiger partial charge in [-0.3, -0.25) is 18.6 Å². The minimum atomic E-state index is -5.12. The number of allylic oxidation sites excluding steroid dienone is 2. The van der Waals surface area contributed by atoms with Gasteiger partial charge in [0.1, 0.15) is 43.2 Å². The van der Waals surface area contributed by atoms with Gasteiger partial charge in [0.25, 0.3) is 0 Å². The molecule has 0 saturated heterocycles. The zero-order chi connectivity index (χ0) is 51.3. The molecule has 0 amide bonds. The molecule has 1 rings (SSSR count). The van der Waals surface area contributed by atoms with E-state index in [0.29, 0.717) is 12.8 Å². The number of phosphoric acid groups is 1. The number of carbonyl (C=O) groups is 2. The van der Waals surface area contributed by atoms with Gasteiger partial charge in [0.15, 0.2) is 6.10 Å². The van der Waals surface area contributed by atoms with Crippen molar-refractivity contribution < 1.29 is 63.1 Å². The molecule has 13 nitrogen and oxygen atoms in total. The first kappa shape index (κ1) is 66.6. The Morgan fingerprint density at radius 1 is 0.429 bits per heavy atom. The molecule has 0 spiro atoms. The van der Waals surface area contributed by atoms with Crippen molar-refractivity contribution >= 4 is 19.8 Å². The van der Waals surface area contributed by atoms with Gasteiger partial charge >= 0.3 is 19.8 Å². The van der Waals surface area contributed by atoms with Crippen molar-refractivity contribution in [3.8, 4) is 0 Å². The summed E-state index contributed by atoms with van der Waals surface area (Å²) in [5.74, 6) is -1.08. The molecule has 6 N–H and O–H groups in total. The molecule has 1 aliphatic carbocycles. The molecule has 1 fully saturated rings. The Morgan fingerprint density at radius 3 is 1.09 bits per heavy atom. The quantitative estimate of drug-likeness (QED) is 0.0145. The fraction of sp³-hybridized carbons (Fsp3) is 0.929. The third-order valence-electron chi connectivity index (χ3n) is 13.9. The van der Waals surface area contributed by atoms with Crippen LogP contribution in [0.15, 0.2) is 12.2 Å². The number of hydrogen-bond donors (Lipinski definition) is 6. The highest BCUT2D eigenvalue weighted by Gasteiger charge is 2.51. The van der Waals surface area contributed by atoms with Crippen LogP contribution in [0, 0.1) is 0 Å². The second-order valence-electron chi connectivity index (χ2n) is 20.5. The lowest BCUT2D eigenvalue weighted by atomic mass is 9.85. The molecule has 1 aliphatic rings. The smallest absolute Gasteiger partial charge is 0.462 e. The van der Waals surface area contributed by atoms with Gasteiger partial charge in [-0.05, 0) is 38.5 Å². The normalized spacial score (nSPS) is 20.7. The molecule has 414 valence electrons. The first-order chi connectivity index (χ1) is 33.9. The third kappa shape index (κ3) is 37.3. The molecule has 14 heteroatoms. The fourth-order valence-electron chi connectivity index (χ4n) is 9.23. The largest absolute Gasteiger partial charge is 0.472 e. The zero-order valence-electron chi connectivity index (χ0n) is 44.6. The van der Waals surface area contributed by atoms with E-state index in [1.165, 1.54) is 199 Å². The molecular weight excluding hydrogens is 912 g/mol. The summed E-state index contributed by atoms with van der Waals surface area (Å²) in [6.07, 6.45) is 39.7. The van der Waals surface area contributed by atoms with Crippen molar-refractivity contribution in [3.63, 3.8) is 0 Å². The number of phosphoric ester groups is 1. The first-order valence-electron chi connectivity index (χ1n) is 29.0. The first-order valence-corrected chi connectivity index (χ1v) is 30.5. The molecular formula is C56H107O13P. The summed E-state index contributed by atoms with van der Waals surface area (Å²) in [5, 5.41) is 50.4.